The van der Waals surface area contributed by atoms with E-state index < -0.39 is 0 Å². The third-order valence-corrected chi connectivity index (χ3v) is 1.72. The van der Waals surface area contributed by atoms with Crippen molar-refractivity contribution in [3.8, 4) is 0 Å². The Morgan fingerprint density at radius 1 is 1.30 bits per heavy atom. The van der Waals surface area contributed by atoms with Crippen LogP contribution in [-0.2, 0) is 4.57 Å². The molecule has 0 aliphatic rings. The van der Waals surface area contributed by atoms with Gasteiger partial charge in [-0.3, -0.25) is 4.57 Å². The van der Waals surface area contributed by atoms with Crippen LogP contribution in [0.1, 0.15) is 39.0 Å². The summed E-state index contributed by atoms with van der Waals surface area (Å²) in [5.74, 6) is 1.67. The Morgan fingerprint density at radius 2 is 2.10 bits per heavy atom. The van der Waals surface area contributed by atoms with E-state index in [1.807, 2.05) is 6.08 Å². The maximum atomic E-state index is 9.90. The van der Waals surface area contributed by atoms with E-state index >= 15 is 0 Å². The van der Waals surface area contributed by atoms with Crippen molar-refractivity contribution in [3.63, 3.8) is 0 Å². The van der Waals surface area contributed by atoms with Gasteiger partial charge in [0.1, 0.15) is 0 Å². The van der Waals surface area contributed by atoms with Crippen molar-refractivity contribution in [2.45, 2.75) is 39.0 Å². The molecule has 10 heavy (non-hydrogen) atoms. The van der Waals surface area contributed by atoms with E-state index in [4.69, 9.17) is 0 Å². The van der Waals surface area contributed by atoms with Crippen LogP contribution in [0.25, 0.3) is 0 Å². The van der Waals surface area contributed by atoms with Crippen LogP contribution in [0.3, 0.4) is 0 Å². The van der Waals surface area contributed by atoms with Crippen LogP contribution < -0.4 is 0 Å². The van der Waals surface area contributed by atoms with Crippen LogP contribution in [0, 0.1) is 0 Å². The molecule has 0 amide bonds. The molecule has 0 aromatic rings. The molecule has 0 fully saturated rings. The van der Waals surface area contributed by atoms with Crippen molar-refractivity contribution >= 4 is 8.46 Å². The quantitative estimate of drug-likeness (QED) is 0.425. The van der Waals surface area contributed by atoms with Crippen molar-refractivity contribution in [1.82, 2.24) is 0 Å². The largest absolute Gasteiger partial charge is 0.270 e. The fourth-order valence-corrected chi connectivity index (χ4v) is 1.04. The number of hydrogen-bond acceptors (Lipinski definition) is 1. The van der Waals surface area contributed by atoms with Gasteiger partial charge in [-0.2, -0.15) is 0 Å². The molecule has 0 saturated heterocycles. The van der Waals surface area contributed by atoms with Gasteiger partial charge >= 0.3 is 0 Å². The minimum absolute atomic E-state index is 0.137. The highest BCUT2D eigenvalue weighted by Gasteiger charge is 1.83. The molecular formula is C8H15OP. The van der Waals surface area contributed by atoms with Gasteiger partial charge < -0.3 is 0 Å². The first-order valence-electron chi connectivity index (χ1n) is 3.89. The van der Waals surface area contributed by atoms with E-state index in [1.165, 1.54) is 25.7 Å². The lowest BCUT2D eigenvalue weighted by atomic mass is 10.2. The summed E-state index contributed by atoms with van der Waals surface area (Å²) in [6.45, 7) is 2.20. The van der Waals surface area contributed by atoms with Gasteiger partial charge in [-0.25, -0.2) is 0 Å². The fraction of sp³-hybridized carbons (Fsp3) is 0.750. The maximum absolute atomic E-state index is 9.90. The molecule has 58 valence electrons. The summed E-state index contributed by atoms with van der Waals surface area (Å²) in [6, 6.07) is 0. The van der Waals surface area contributed by atoms with Gasteiger partial charge in [-0.15, -0.1) is 0 Å². The smallest absolute Gasteiger partial charge is 0.183 e. The standard InChI is InChI=1S/C8H15OP/c1-2-3-4-5-6-7-8-10-9/h7-8H,2-6H2,1H3. The Bertz CT molecular complexity index is 99.4. The van der Waals surface area contributed by atoms with Crippen molar-refractivity contribution < 1.29 is 4.57 Å². The van der Waals surface area contributed by atoms with Gasteiger partial charge in [0, 0.05) is 5.82 Å². The number of rotatable bonds is 6. The normalized spacial score (nSPS) is 11.3. The van der Waals surface area contributed by atoms with E-state index in [1.54, 1.807) is 5.82 Å². The van der Waals surface area contributed by atoms with Gasteiger partial charge in [0.25, 0.3) is 0 Å². The summed E-state index contributed by atoms with van der Waals surface area (Å²) >= 11 is 0. The predicted molar refractivity (Wildman–Crippen MR) is 45.5 cm³/mol. The SMILES string of the molecule is CCCCCCC=CP=O. The van der Waals surface area contributed by atoms with Crippen LogP contribution in [-0.4, -0.2) is 0 Å². The summed E-state index contributed by atoms with van der Waals surface area (Å²) in [4.78, 5) is 0. The Hall–Kier alpha value is -0.160. The molecule has 0 bridgehead atoms. The van der Waals surface area contributed by atoms with E-state index in [-0.39, 0.29) is 8.46 Å². The van der Waals surface area contributed by atoms with Gasteiger partial charge in [0.2, 0.25) is 0 Å². The van der Waals surface area contributed by atoms with Crippen LogP contribution in [0.5, 0.6) is 0 Å². The molecule has 0 unspecified atom stereocenters. The highest BCUT2D eigenvalue weighted by Crippen LogP contribution is 2.04. The lowest BCUT2D eigenvalue weighted by molar-refractivity contribution is 0.602. The molecule has 0 saturated carbocycles. The predicted octanol–water partition coefficient (Wildman–Crippen LogP) is 3.76. The Morgan fingerprint density at radius 3 is 2.70 bits per heavy atom. The molecule has 0 aliphatic carbocycles. The molecule has 0 N–H and O–H groups in total. The average molecular weight is 158 g/mol. The molecule has 2 heteroatoms. The second kappa shape index (κ2) is 8.84. The Kier molecular flexibility index (Phi) is 8.70. The van der Waals surface area contributed by atoms with Gasteiger partial charge in [0.15, 0.2) is 8.46 Å². The summed E-state index contributed by atoms with van der Waals surface area (Å²) in [6.07, 6.45) is 8.20. The zero-order chi connectivity index (χ0) is 7.66. The highest BCUT2D eigenvalue weighted by atomic mass is 31.1. The zero-order valence-corrected chi connectivity index (χ0v) is 7.44. The minimum Gasteiger partial charge on any atom is -0.270 e. The molecule has 0 heterocycles. The average Bonchev–Trinajstić information content (AvgIpc) is 1.97. The van der Waals surface area contributed by atoms with Crippen LogP contribution >= 0.6 is 8.46 Å². The van der Waals surface area contributed by atoms with E-state index in [0.717, 1.165) is 6.42 Å². The summed E-state index contributed by atoms with van der Waals surface area (Å²) in [5, 5.41) is 0. The first-order valence-corrected chi connectivity index (χ1v) is 4.77. The number of hydrogen-bond donors (Lipinski definition) is 0. The summed E-state index contributed by atoms with van der Waals surface area (Å²) in [7, 11) is 0.137. The third kappa shape index (κ3) is 7.84. The monoisotopic (exact) mass is 158 g/mol. The second-order valence-corrected chi connectivity index (χ2v) is 2.85. The highest BCUT2D eigenvalue weighted by molar-refractivity contribution is 7.27. The minimum atomic E-state index is 0.137. The third-order valence-electron chi connectivity index (χ3n) is 1.39. The molecule has 0 aromatic carbocycles. The van der Waals surface area contributed by atoms with Gasteiger partial charge in [0.05, 0.1) is 0 Å². The van der Waals surface area contributed by atoms with Crippen molar-refractivity contribution in [2.75, 3.05) is 0 Å². The fourth-order valence-electron chi connectivity index (χ4n) is 0.807. The molecule has 1 nitrogen and oxygen atoms in total. The van der Waals surface area contributed by atoms with Gasteiger partial charge in [-0.05, 0) is 12.8 Å². The molecule has 0 radical (unpaired) electrons. The Labute approximate surface area is 64.7 Å². The molecule has 0 spiro atoms. The van der Waals surface area contributed by atoms with Gasteiger partial charge in [-0.1, -0.05) is 32.3 Å². The number of allylic oxidation sites excluding steroid dienone is 1. The first kappa shape index (κ1) is 9.84. The summed E-state index contributed by atoms with van der Waals surface area (Å²) in [5.41, 5.74) is 0. The van der Waals surface area contributed by atoms with Crippen molar-refractivity contribution in [3.05, 3.63) is 11.9 Å². The van der Waals surface area contributed by atoms with Crippen LogP contribution in [0.15, 0.2) is 11.9 Å². The van der Waals surface area contributed by atoms with E-state index in [2.05, 4.69) is 6.92 Å². The molecule has 0 rings (SSSR count). The summed E-state index contributed by atoms with van der Waals surface area (Å²) < 4.78 is 9.90. The van der Waals surface area contributed by atoms with Crippen LogP contribution in [0.4, 0.5) is 0 Å². The van der Waals surface area contributed by atoms with Crippen molar-refractivity contribution in [2.24, 2.45) is 0 Å². The zero-order valence-electron chi connectivity index (χ0n) is 6.55. The molecule has 0 aliphatic heterocycles. The number of unbranched alkanes of at least 4 members (excludes halogenated alkanes) is 4. The lowest BCUT2D eigenvalue weighted by Crippen LogP contribution is -1.72. The van der Waals surface area contributed by atoms with Crippen LogP contribution in [0.2, 0.25) is 0 Å². The molecule has 0 atom stereocenters. The van der Waals surface area contributed by atoms with Crippen molar-refractivity contribution in [1.29, 1.82) is 0 Å². The second-order valence-electron chi connectivity index (χ2n) is 2.34. The maximum Gasteiger partial charge on any atom is 0.183 e. The topological polar surface area (TPSA) is 17.1 Å². The molecule has 0 aromatic heterocycles. The molecular weight excluding hydrogens is 143 g/mol. The lowest BCUT2D eigenvalue weighted by Gasteiger charge is -1.92. The van der Waals surface area contributed by atoms with E-state index in [9.17, 15) is 4.57 Å². The van der Waals surface area contributed by atoms with E-state index in [0.29, 0.717) is 0 Å². The first-order chi connectivity index (χ1) is 4.91. The Balaban J connectivity index is 2.90.